The van der Waals surface area contributed by atoms with Gasteiger partial charge in [-0.15, -0.1) is 0 Å². The third-order valence-electron chi connectivity index (χ3n) is 2.82. The Morgan fingerprint density at radius 1 is 1.20 bits per heavy atom. The summed E-state index contributed by atoms with van der Waals surface area (Å²) >= 11 is 5.92. The first-order valence-corrected chi connectivity index (χ1v) is 6.23. The van der Waals surface area contributed by atoms with E-state index in [-0.39, 0.29) is 11.3 Å². The van der Waals surface area contributed by atoms with Crippen LogP contribution in [0.1, 0.15) is 21.5 Å². The average molecular weight is 295 g/mol. The Kier molecular flexibility index (Phi) is 3.95. The number of halogens is 2. The first kappa shape index (κ1) is 14.3. The van der Waals surface area contributed by atoms with E-state index in [1.54, 1.807) is 26.0 Å². The molecule has 2 aromatic rings. The molecule has 0 spiro atoms. The fraction of sp³-hybridized carbons (Fsp3) is 0.133. The van der Waals surface area contributed by atoms with Gasteiger partial charge in [-0.05, 0) is 55.3 Å². The van der Waals surface area contributed by atoms with Crippen LogP contribution in [0.2, 0.25) is 5.02 Å². The minimum atomic E-state index is -1.19. The molecular weight excluding hydrogens is 283 g/mol. The van der Waals surface area contributed by atoms with E-state index in [4.69, 9.17) is 21.4 Å². The summed E-state index contributed by atoms with van der Waals surface area (Å²) in [4.78, 5) is 10.7. The highest BCUT2D eigenvalue weighted by Gasteiger charge is 2.13. The number of aromatic carboxylic acids is 1. The van der Waals surface area contributed by atoms with Crippen molar-refractivity contribution in [3.8, 4) is 11.5 Å². The number of aryl methyl sites for hydroxylation is 2. The molecule has 0 radical (unpaired) electrons. The second-order valence-corrected chi connectivity index (χ2v) is 4.86. The maximum atomic E-state index is 13.8. The normalized spacial score (nSPS) is 10.4. The zero-order valence-corrected chi connectivity index (χ0v) is 11.7. The van der Waals surface area contributed by atoms with Gasteiger partial charge in [-0.1, -0.05) is 11.6 Å². The summed E-state index contributed by atoms with van der Waals surface area (Å²) in [5.74, 6) is -1.42. The van der Waals surface area contributed by atoms with Crippen LogP contribution in [0.3, 0.4) is 0 Å². The Hall–Kier alpha value is -2.07. The van der Waals surface area contributed by atoms with Crippen LogP contribution in [0.25, 0.3) is 0 Å². The smallest absolute Gasteiger partial charge is 0.335 e. The predicted octanol–water partition coefficient (Wildman–Crippen LogP) is 4.59. The van der Waals surface area contributed by atoms with Crippen LogP contribution >= 0.6 is 11.6 Å². The number of carbonyl (C=O) groups is 1. The van der Waals surface area contributed by atoms with Crippen molar-refractivity contribution >= 4 is 17.6 Å². The quantitative estimate of drug-likeness (QED) is 0.901. The highest BCUT2D eigenvalue weighted by atomic mass is 35.5. The Morgan fingerprint density at radius 2 is 1.80 bits per heavy atom. The molecule has 0 aliphatic carbocycles. The summed E-state index contributed by atoms with van der Waals surface area (Å²) in [6.45, 7) is 3.61. The van der Waals surface area contributed by atoms with Gasteiger partial charge in [-0.2, -0.15) is 0 Å². The number of ether oxygens (including phenoxy) is 1. The van der Waals surface area contributed by atoms with Gasteiger partial charge in [0.05, 0.1) is 5.56 Å². The summed E-state index contributed by atoms with van der Waals surface area (Å²) in [5, 5.41) is 9.36. The van der Waals surface area contributed by atoms with Crippen LogP contribution in [0.4, 0.5) is 4.39 Å². The van der Waals surface area contributed by atoms with Gasteiger partial charge in [0.1, 0.15) is 5.75 Å². The maximum Gasteiger partial charge on any atom is 0.335 e. The van der Waals surface area contributed by atoms with E-state index in [1.165, 1.54) is 12.1 Å². The lowest BCUT2D eigenvalue weighted by atomic mass is 10.1. The molecule has 1 N–H and O–H groups in total. The summed E-state index contributed by atoms with van der Waals surface area (Å²) in [5.41, 5.74) is 1.42. The molecule has 2 aromatic carbocycles. The highest BCUT2D eigenvalue weighted by Crippen LogP contribution is 2.32. The van der Waals surface area contributed by atoms with Gasteiger partial charge in [0, 0.05) is 5.02 Å². The van der Waals surface area contributed by atoms with E-state index in [0.29, 0.717) is 10.8 Å². The van der Waals surface area contributed by atoms with Crippen molar-refractivity contribution in [3.63, 3.8) is 0 Å². The van der Waals surface area contributed by atoms with E-state index in [1.807, 2.05) is 0 Å². The lowest BCUT2D eigenvalue weighted by Gasteiger charge is -2.13. The monoisotopic (exact) mass is 294 g/mol. The number of benzene rings is 2. The number of carboxylic acids is 1. The molecule has 0 saturated carbocycles. The third kappa shape index (κ3) is 2.91. The van der Waals surface area contributed by atoms with Crippen LogP contribution in [0.5, 0.6) is 11.5 Å². The van der Waals surface area contributed by atoms with Crippen molar-refractivity contribution in [1.29, 1.82) is 0 Å². The van der Waals surface area contributed by atoms with Crippen molar-refractivity contribution in [3.05, 3.63) is 57.9 Å². The number of carboxylic acid groups (broad SMARTS) is 1. The van der Waals surface area contributed by atoms with Gasteiger partial charge < -0.3 is 9.84 Å². The van der Waals surface area contributed by atoms with E-state index < -0.39 is 11.8 Å². The SMILES string of the molecule is Cc1cc(Cl)cc(C)c1Oc1ccc(C(=O)O)cc1F. The Morgan fingerprint density at radius 3 is 2.30 bits per heavy atom. The van der Waals surface area contributed by atoms with Gasteiger partial charge >= 0.3 is 5.97 Å². The molecule has 0 atom stereocenters. The Labute approximate surface area is 120 Å². The topological polar surface area (TPSA) is 46.5 Å². The molecule has 3 nitrogen and oxygen atoms in total. The zero-order valence-electron chi connectivity index (χ0n) is 10.9. The molecule has 104 valence electrons. The fourth-order valence-electron chi connectivity index (χ4n) is 1.89. The molecule has 0 aliphatic heterocycles. The summed E-state index contributed by atoms with van der Waals surface area (Å²) < 4.78 is 19.4. The van der Waals surface area contributed by atoms with E-state index >= 15 is 0 Å². The standard InChI is InChI=1S/C15H12ClFO3/c1-8-5-11(16)6-9(2)14(8)20-13-4-3-10(15(18)19)7-12(13)17/h3-7H,1-2H3,(H,18,19). The molecule has 0 fully saturated rings. The molecule has 20 heavy (non-hydrogen) atoms. The minimum absolute atomic E-state index is 0.0245. The lowest BCUT2D eigenvalue weighted by Crippen LogP contribution is -1.99. The second kappa shape index (κ2) is 5.51. The number of hydrogen-bond acceptors (Lipinski definition) is 2. The molecule has 0 aromatic heterocycles. The van der Waals surface area contributed by atoms with Crippen LogP contribution in [-0.4, -0.2) is 11.1 Å². The minimum Gasteiger partial charge on any atom is -0.478 e. The number of hydrogen-bond donors (Lipinski definition) is 1. The van der Waals surface area contributed by atoms with Crippen molar-refractivity contribution in [2.45, 2.75) is 13.8 Å². The first-order chi connectivity index (χ1) is 9.38. The van der Waals surface area contributed by atoms with Gasteiger partial charge in [0.2, 0.25) is 0 Å². The van der Waals surface area contributed by atoms with Gasteiger partial charge in [-0.25, -0.2) is 9.18 Å². The summed E-state index contributed by atoms with van der Waals surface area (Å²) in [6, 6.07) is 6.95. The van der Waals surface area contributed by atoms with E-state index in [0.717, 1.165) is 17.2 Å². The zero-order chi connectivity index (χ0) is 14.9. The molecule has 0 saturated heterocycles. The van der Waals surface area contributed by atoms with Crippen LogP contribution < -0.4 is 4.74 Å². The summed E-state index contributed by atoms with van der Waals surface area (Å²) in [7, 11) is 0. The molecule has 5 heteroatoms. The Balaban J connectivity index is 2.38. The Bertz CT molecular complexity index is 660. The molecule has 0 heterocycles. The molecule has 0 amide bonds. The van der Waals surface area contributed by atoms with Crippen molar-refractivity contribution in [2.24, 2.45) is 0 Å². The van der Waals surface area contributed by atoms with Crippen LogP contribution in [-0.2, 0) is 0 Å². The fourth-order valence-corrected chi connectivity index (χ4v) is 2.21. The van der Waals surface area contributed by atoms with Gasteiger partial charge in [0.25, 0.3) is 0 Å². The van der Waals surface area contributed by atoms with Crippen molar-refractivity contribution < 1.29 is 19.0 Å². The van der Waals surface area contributed by atoms with Gasteiger partial charge in [-0.3, -0.25) is 0 Å². The summed E-state index contributed by atoms with van der Waals surface area (Å²) in [6.07, 6.45) is 0. The average Bonchev–Trinajstić information content (AvgIpc) is 2.34. The predicted molar refractivity (Wildman–Crippen MR) is 74.4 cm³/mol. The number of rotatable bonds is 3. The molecule has 0 aliphatic rings. The van der Waals surface area contributed by atoms with Crippen LogP contribution in [0.15, 0.2) is 30.3 Å². The second-order valence-electron chi connectivity index (χ2n) is 4.42. The van der Waals surface area contributed by atoms with Crippen molar-refractivity contribution in [1.82, 2.24) is 0 Å². The first-order valence-electron chi connectivity index (χ1n) is 5.86. The molecule has 0 bridgehead atoms. The largest absolute Gasteiger partial charge is 0.478 e. The van der Waals surface area contributed by atoms with E-state index in [9.17, 15) is 9.18 Å². The maximum absolute atomic E-state index is 13.8. The van der Waals surface area contributed by atoms with E-state index in [2.05, 4.69) is 0 Å². The molecular formula is C15H12ClFO3. The lowest BCUT2D eigenvalue weighted by molar-refractivity contribution is 0.0696. The molecule has 2 rings (SSSR count). The molecule has 0 unspecified atom stereocenters. The van der Waals surface area contributed by atoms with Gasteiger partial charge in [0.15, 0.2) is 11.6 Å². The highest BCUT2D eigenvalue weighted by molar-refractivity contribution is 6.30. The van der Waals surface area contributed by atoms with Crippen molar-refractivity contribution in [2.75, 3.05) is 0 Å². The third-order valence-corrected chi connectivity index (χ3v) is 3.03. The van der Waals surface area contributed by atoms with Crippen LogP contribution in [0, 0.1) is 19.7 Å².